The molecule has 7 nitrogen and oxygen atoms in total. The van der Waals surface area contributed by atoms with E-state index in [1.54, 1.807) is 27.7 Å². The second-order valence-electron chi connectivity index (χ2n) is 7.85. The summed E-state index contributed by atoms with van der Waals surface area (Å²) >= 11 is 6.17. The Morgan fingerprint density at radius 1 is 1.06 bits per heavy atom. The van der Waals surface area contributed by atoms with Crippen molar-refractivity contribution in [3.63, 3.8) is 0 Å². The zero-order chi connectivity index (χ0) is 22.0. The molecule has 0 radical (unpaired) electrons. The van der Waals surface area contributed by atoms with Gasteiger partial charge in [0, 0.05) is 24.0 Å². The van der Waals surface area contributed by atoms with Crippen LogP contribution in [0.15, 0.2) is 53.3 Å². The Morgan fingerprint density at radius 3 is 2.55 bits per heavy atom. The van der Waals surface area contributed by atoms with Crippen molar-refractivity contribution in [2.45, 2.75) is 25.4 Å². The van der Waals surface area contributed by atoms with Crippen molar-refractivity contribution in [1.82, 2.24) is 14.5 Å². The molecule has 0 aliphatic carbocycles. The summed E-state index contributed by atoms with van der Waals surface area (Å²) in [5, 5.41) is 1.01. The lowest BCUT2D eigenvalue weighted by atomic mass is 10.0. The van der Waals surface area contributed by atoms with Crippen LogP contribution in [0.1, 0.15) is 30.3 Å². The summed E-state index contributed by atoms with van der Waals surface area (Å²) < 4.78 is 1.68. The van der Waals surface area contributed by atoms with E-state index >= 15 is 0 Å². The molecule has 2 heterocycles. The Kier molecular flexibility index (Phi) is 6.36. The Balaban J connectivity index is 1.89. The Hall–Kier alpha value is -2.74. The van der Waals surface area contributed by atoms with Crippen LogP contribution in [-0.2, 0) is 11.3 Å². The topological polar surface area (TPSA) is 107 Å². The van der Waals surface area contributed by atoms with E-state index < -0.39 is 0 Å². The van der Waals surface area contributed by atoms with Gasteiger partial charge < -0.3 is 16.4 Å². The SMILES string of the molecule is NCCC1CC(c2nc3cc(Cl)ccc3c(=O)n2Cc2ccccc2)N(CCN)C1=O. The van der Waals surface area contributed by atoms with E-state index in [9.17, 15) is 9.59 Å². The van der Waals surface area contributed by atoms with E-state index in [1.807, 2.05) is 30.3 Å². The van der Waals surface area contributed by atoms with Crippen molar-refractivity contribution in [3.8, 4) is 0 Å². The van der Waals surface area contributed by atoms with Crippen molar-refractivity contribution in [1.29, 1.82) is 0 Å². The molecule has 31 heavy (non-hydrogen) atoms. The van der Waals surface area contributed by atoms with Gasteiger partial charge in [-0.05, 0) is 43.1 Å². The van der Waals surface area contributed by atoms with Crippen LogP contribution in [0.25, 0.3) is 10.9 Å². The van der Waals surface area contributed by atoms with Gasteiger partial charge in [-0.3, -0.25) is 14.2 Å². The fraction of sp³-hybridized carbons (Fsp3) is 0.348. The minimum absolute atomic E-state index is 0.0209. The number of rotatable bonds is 7. The van der Waals surface area contributed by atoms with E-state index in [2.05, 4.69) is 0 Å². The number of nitrogens with zero attached hydrogens (tertiary/aromatic N) is 3. The number of nitrogens with two attached hydrogens (primary N) is 2. The lowest BCUT2D eigenvalue weighted by molar-refractivity contribution is -0.132. The number of benzene rings is 2. The summed E-state index contributed by atoms with van der Waals surface area (Å²) in [5.41, 5.74) is 12.9. The van der Waals surface area contributed by atoms with E-state index in [4.69, 9.17) is 28.1 Å². The third-order valence-corrected chi connectivity index (χ3v) is 6.06. The van der Waals surface area contributed by atoms with Gasteiger partial charge in [-0.2, -0.15) is 0 Å². The van der Waals surface area contributed by atoms with Crippen LogP contribution in [0, 0.1) is 5.92 Å². The number of carbonyl (C=O) groups excluding carboxylic acids is 1. The normalized spacial score (nSPS) is 18.8. The highest BCUT2D eigenvalue weighted by Gasteiger charge is 2.41. The van der Waals surface area contributed by atoms with Crippen molar-refractivity contribution < 1.29 is 4.79 Å². The van der Waals surface area contributed by atoms with Gasteiger partial charge in [0.05, 0.1) is 23.5 Å². The summed E-state index contributed by atoms with van der Waals surface area (Å²) in [5.74, 6) is 0.385. The smallest absolute Gasteiger partial charge is 0.261 e. The van der Waals surface area contributed by atoms with Crippen molar-refractivity contribution in [2.75, 3.05) is 19.6 Å². The predicted molar refractivity (Wildman–Crippen MR) is 122 cm³/mol. The van der Waals surface area contributed by atoms with Crippen molar-refractivity contribution in [3.05, 3.63) is 75.3 Å². The van der Waals surface area contributed by atoms with Crippen LogP contribution in [0.5, 0.6) is 0 Å². The van der Waals surface area contributed by atoms with Crippen LogP contribution in [0.3, 0.4) is 0 Å². The first-order chi connectivity index (χ1) is 15.0. The van der Waals surface area contributed by atoms with Gasteiger partial charge in [0.2, 0.25) is 5.91 Å². The number of likely N-dealkylation sites (tertiary alicyclic amines) is 1. The molecule has 1 aliphatic heterocycles. The maximum Gasteiger partial charge on any atom is 0.261 e. The predicted octanol–water partition coefficient (Wildman–Crippen LogP) is 2.30. The van der Waals surface area contributed by atoms with Crippen LogP contribution >= 0.6 is 11.6 Å². The second-order valence-corrected chi connectivity index (χ2v) is 8.29. The van der Waals surface area contributed by atoms with Gasteiger partial charge in [-0.15, -0.1) is 0 Å². The largest absolute Gasteiger partial charge is 0.331 e. The van der Waals surface area contributed by atoms with Crippen LogP contribution in [0.2, 0.25) is 5.02 Å². The van der Waals surface area contributed by atoms with Gasteiger partial charge in [-0.25, -0.2) is 4.98 Å². The first-order valence-electron chi connectivity index (χ1n) is 10.5. The Morgan fingerprint density at radius 2 is 1.84 bits per heavy atom. The number of hydrogen-bond donors (Lipinski definition) is 2. The average molecular weight is 440 g/mol. The molecule has 1 amide bonds. The second kappa shape index (κ2) is 9.18. The number of halogens is 1. The standard InChI is InChI=1S/C23H26ClN5O2/c24-17-6-7-18-19(13-17)27-21(29(23(18)31)14-15-4-2-1-3-5-15)20-12-16(8-9-25)22(30)28(20)11-10-26/h1-7,13,16,20H,8-12,14,25-26H2. The fourth-order valence-corrected chi connectivity index (χ4v) is 4.53. The number of amides is 1. The minimum Gasteiger partial charge on any atom is -0.331 e. The highest BCUT2D eigenvalue weighted by atomic mass is 35.5. The van der Waals surface area contributed by atoms with E-state index in [1.165, 1.54) is 0 Å². The van der Waals surface area contributed by atoms with E-state index in [0.29, 0.717) is 60.8 Å². The lowest BCUT2D eigenvalue weighted by Gasteiger charge is -2.26. The van der Waals surface area contributed by atoms with Crippen LogP contribution in [-0.4, -0.2) is 40.0 Å². The summed E-state index contributed by atoms with van der Waals surface area (Å²) in [6, 6.07) is 14.5. The average Bonchev–Trinajstić information content (AvgIpc) is 3.06. The molecule has 1 aromatic heterocycles. The van der Waals surface area contributed by atoms with Gasteiger partial charge >= 0.3 is 0 Å². The molecule has 1 aliphatic rings. The van der Waals surface area contributed by atoms with Crippen LogP contribution in [0.4, 0.5) is 0 Å². The fourth-order valence-electron chi connectivity index (χ4n) is 4.36. The Labute approximate surface area is 185 Å². The molecular formula is C23H26ClN5O2. The molecule has 162 valence electrons. The molecule has 2 unspecified atom stereocenters. The van der Waals surface area contributed by atoms with E-state index in [-0.39, 0.29) is 23.4 Å². The molecule has 1 saturated heterocycles. The van der Waals surface area contributed by atoms with E-state index in [0.717, 1.165) is 5.56 Å². The third-order valence-electron chi connectivity index (χ3n) is 5.83. The molecule has 0 bridgehead atoms. The molecule has 2 aromatic carbocycles. The third kappa shape index (κ3) is 4.21. The summed E-state index contributed by atoms with van der Waals surface area (Å²) in [6.07, 6.45) is 1.15. The maximum absolute atomic E-state index is 13.5. The zero-order valence-electron chi connectivity index (χ0n) is 17.2. The summed E-state index contributed by atoms with van der Waals surface area (Å²) in [6.45, 7) is 1.53. The van der Waals surface area contributed by atoms with Crippen LogP contribution < -0.4 is 17.0 Å². The molecule has 4 N–H and O–H groups in total. The maximum atomic E-state index is 13.5. The molecular weight excluding hydrogens is 414 g/mol. The number of fused-ring (bicyclic) bond motifs is 1. The summed E-state index contributed by atoms with van der Waals surface area (Å²) in [7, 11) is 0. The zero-order valence-corrected chi connectivity index (χ0v) is 18.0. The molecule has 4 rings (SSSR count). The monoisotopic (exact) mass is 439 g/mol. The number of aromatic nitrogens is 2. The molecule has 0 saturated carbocycles. The molecule has 8 heteroatoms. The van der Waals surface area contributed by atoms with Crippen molar-refractivity contribution >= 4 is 28.4 Å². The van der Waals surface area contributed by atoms with Crippen molar-refractivity contribution in [2.24, 2.45) is 17.4 Å². The van der Waals surface area contributed by atoms with Gasteiger partial charge in [0.1, 0.15) is 5.82 Å². The lowest BCUT2D eigenvalue weighted by Crippen LogP contribution is -2.37. The molecule has 1 fully saturated rings. The summed E-state index contributed by atoms with van der Waals surface area (Å²) in [4.78, 5) is 33.1. The Bertz CT molecular complexity index is 1150. The molecule has 0 spiro atoms. The first-order valence-corrected chi connectivity index (χ1v) is 10.9. The highest BCUT2D eigenvalue weighted by molar-refractivity contribution is 6.31. The van der Waals surface area contributed by atoms with Gasteiger partial charge in [-0.1, -0.05) is 41.9 Å². The quantitative estimate of drug-likeness (QED) is 0.587. The number of carbonyl (C=O) groups is 1. The van der Waals surface area contributed by atoms with Gasteiger partial charge in [0.25, 0.3) is 5.56 Å². The van der Waals surface area contributed by atoms with Gasteiger partial charge in [0.15, 0.2) is 0 Å². The highest BCUT2D eigenvalue weighted by Crippen LogP contribution is 2.37. The molecule has 2 atom stereocenters. The minimum atomic E-state index is -0.340. The first kappa shape index (κ1) is 21.5. The number of hydrogen-bond acceptors (Lipinski definition) is 5. The molecule has 3 aromatic rings.